The molecule has 18 heavy (non-hydrogen) atoms. The van der Waals surface area contributed by atoms with Crippen LogP contribution in [0.3, 0.4) is 0 Å². The topological polar surface area (TPSA) is 64.6 Å². The molecule has 0 unspecified atom stereocenters. The summed E-state index contributed by atoms with van der Waals surface area (Å²) in [6, 6.07) is 0.117. The molecule has 0 aromatic carbocycles. The van der Waals surface area contributed by atoms with Crippen LogP contribution in [0.4, 0.5) is 0 Å². The van der Waals surface area contributed by atoms with Crippen LogP contribution in [0.1, 0.15) is 34.1 Å². The van der Waals surface area contributed by atoms with Gasteiger partial charge in [0.15, 0.2) is 5.78 Å². The third kappa shape index (κ3) is 11.5. The molecule has 0 spiro atoms. The van der Waals surface area contributed by atoms with Crippen molar-refractivity contribution in [3.05, 3.63) is 0 Å². The molecule has 0 aliphatic rings. The SMILES string of the molecule is CC(C)CC(=O)COCCOCC(=O)NC(C)C. The standard InChI is InChI=1S/C13H25NO4/c1-10(2)7-12(15)8-17-5-6-18-9-13(16)14-11(3)4/h10-11H,5-9H2,1-4H3,(H,14,16). The number of carbonyl (C=O) groups is 2. The molecule has 0 aromatic heterocycles. The summed E-state index contributed by atoms with van der Waals surface area (Å²) >= 11 is 0. The number of ether oxygens (including phenoxy) is 2. The van der Waals surface area contributed by atoms with Crippen LogP contribution in [0.15, 0.2) is 0 Å². The van der Waals surface area contributed by atoms with Gasteiger partial charge in [0.05, 0.1) is 13.2 Å². The molecule has 0 rings (SSSR count). The first-order chi connectivity index (χ1) is 8.41. The summed E-state index contributed by atoms with van der Waals surface area (Å²) in [5.74, 6) is 0.320. The van der Waals surface area contributed by atoms with E-state index in [-0.39, 0.29) is 30.9 Å². The number of rotatable bonds is 10. The normalized spacial score (nSPS) is 11.0. The monoisotopic (exact) mass is 259 g/mol. The number of carbonyl (C=O) groups excluding carboxylic acids is 2. The van der Waals surface area contributed by atoms with E-state index in [0.717, 1.165) is 0 Å². The molecule has 5 nitrogen and oxygen atoms in total. The minimum Gasteiger partial charge on any atom is -0.371 e. The average molecular weight is 259 g/mol. The summed E-state index contributed by atoms with van der Waals surface area (Å²) in [5, 5.41) is 2.71. The average Bonchev–Trinajstić information content (AvgIpc) is 2.20. The van der Waals surface area contributed by atoms with Crippen molar-refractivity contribution >= 4 is 11.7 Å². The second kappa shape index (κ2) is 10.0. The lowest BCUT2D eigenvalue weighted by molar-refractivity contribution is -0.128. The van der Waals surface area contributed by atoms with Gasteiger partial charge in [0.25, 0.3) is 0 Å². The van der Waals surface area contributed by atoms with Gasteiger partial charge in [-0.05, 0) is 19.8 Å². The van der Waals surface area contributed by atoms with Crippen LogP contribution in [0.5, 0.6) is 0 Å². The van der Waals surface area contributed by atoms with Gasteiger partial charge in [-0.3, -0.25) is 9.59 Å². The Bertz CT molecular complexity index is 225. The molecule has 0 aliphatic carbocycles. The first-order valence-electron chi connectivity index (χ1n) is 6.38. The van der Waals surface area contributed by atoms with E-state index in [1.807, 2.05) is 27.7 Å². The Morgan fingerprint density at radius 1 is 1.00 bits per heavy atom. The van der Waals surface area contributed by atoms with E-state index in [9.17, 15) is 9.59 Å². The molecule has 0 radical (unpaired) electrons. The van der Waals surface area contributed by atoms with Gasteiger partial charge in [0, 0.05) is 12.5 Å². The molecule has 106 valence electrons. The predicted molar refractivity (Wildman–Crippen MR) is 69.4 cm³/mol. The van der Waals surface area contributed by atoms with E-state index < -0.39 is 0 Å². The highest BCUT2D eigenvalue weighted by atomic mass is 16.5. The molecule has 1 N–H and O–H groups in total. The van der Waals surface area contributed by atoms with Crippen LogP contribution >= 0.6 is 0 Å². The van der Waals surface area contributed by atoms with E-state index >= 15 is 0 Å². The Morgan fingerprint density at radius 3 is 2.06 bits per heavy atom. The number of nitrogens with one attached hydrogen (secondary N) is 1. The van der Waals surface area contributed by atoms with Crippen molar-refractivity contribution in [2.24, 2.45) is 5.92 Å². The predicted octanol–water partition coefficient (Wildman–Crippen LogP) is 1.16. The Morgan fingerprint density at radius 2 is 1.56 bits per heavy atom. The van der Waals surface area contributed by atoms with Crippen molar-refractivity contribution in [1.82, 2.24) is 5.32 Å². The minimum atomic E-state index is -0.138. The molecule has 0 aromatic rings. The van der Waals surface area contributed by atoms with Gasteiger partial charge in [0.1, 0.15) is 13.2 Å². The Balaban J connectivity index is 3.36. The van der Waals surface area contributed by atoms with Gasteiger partial charge >= 0.3 is 0 Å². The summed E-state index contributed by atoms with van der Waals surface area (Å²) in [6.45, 7) is 8.58. The second-order valence-corrected chi connectivity index (χ2v) is 4.96. The summed E-state index contributed by atoms with van der Waals surface area (Å²) in [5.41, 5.74) is 0. The Kier molecular flexibility index (Phi) is 9.50. The summed E-state index contributed by atoms with van der Waals surface area (Å²) < 4.78 is 10.3. The maximum absolute atomic E-state index is 11.3. The highest BCUT2D eigenvalue weighted by Gasteiger charge is 2.05. The summed E-state index contributed by atoms with van der Waals surface area (Å²) in [6.07, 6.45) is 0.539. The third-order valence-electron chi connectivity index (χ3n) is 1.95. The first-order valence-corrected chi connectivity index (χ1v) is 6.38. The van der Waals surface area contributed by atoms with Crippen LogP contribution in [0.25, 0.3) is 0 Å². The molecular weight excluding hydrogens is 234 g/mol. The third-order valence-corrected chi connectivity index (χ3v) is 1.95. The van der Waals surface area contributed by atoms with Crippen molar-refractivity contribution in [2.75, 3.05) is 26.4 Å². The lowest BCUT2D eigenvalue weighted by atomic mass is 10.1. The number of amides is 1. The van der Waals surface area contributed by atoms with Crippen molar-refractivity contribution in [1.29, 1.82) is 0 Å². The van der Waals surface area contributed by atoms with Crippen molar-refractivity contribution in [3.63, 3.8) is 0 Å². The zero-order chi connectivity index (χ0) is 14.0. The molecule has 1 amide bonds. The van der Waals surface area contributed by atoms with Gasteiger partial charge in [-0.25, -0.2) is 0 Å². The van der Waals surface area contributed by atoms with Crippen LogP contribution in [0, 0.1) is 5.92 Å². The lowest BCUT2D eigenvalue weighted by Crippen LogP contribution is -2.33. The molecule has 0 heterocycles. The zero-order valence-electron chi connectivity index (χ0n) is 11.8. The maximum atomic E-state index is 11.3. The fourth-order valence-electron chi connectivity index (χ4n) is 1.35. The van der Waals surface area contributed by atoms with Gasteiger partial charge in [-0.1, -0.05) is 13.8 Å². The minimum absolute atomic E-state index is 0.0292. The number of ketones is 1. The highest BCUT2D eigenvalue weighted by Crippen LogP contribution is 1.99. The molecule has 0 atom stereocenters. The van der Waals surface area contributed by atoms with Gasteiger partial charge < -0.3 is 14.8 Å². The summed E-state index contributed by atoms with van der Waals surface area (Å²) in [4.78, 5) is 22.5. The number of hydrogen-bond acceptors (Lipinski definition) is 4. The fourth-order valence-corrected chi connectivity index (χ4v) is 1.35. The van der Waals surface area contributed by atoms with Crippen molar-refractivity contribution in [3.8, 4) is 0 Å². The van der Waals surface area contributed by atoms with Crippen LogP contribution in [0.2, 0.25) is 0 Å². The zero-order valence-corrected chi connectivity index (χ0v) is 11.8. The van der Waals surface area contributed by atoms with Gasteiger partial charge in [0.2, 0.25) is 5.91 Å². The highest BCUT2D eigenvalue weighted by molar-refractivity contribution is 5.79. The smallest absolute Gasteiger partial charge is 0.246 e. The molecular formula is C13H25NO4. The first kappa shape index (κ1) is 17.1. The van der Waals surface area contributed by atoms with E-state index in [4.69, 9.17) is 9.47 Å². The van der Waals surface area contributed by atoms with Crippen LogP contribution in [-0.4, -0.2) is 44.2 Å². The van der Waals surface area contributed by atoms with Gasteiger partial charge in [-0.2, -0.15) is 0 Å². The van der Waals surface area contributed by atoms with Crippen LogP contribution < -0.4 is 5.32 Å². The molecule has 0 saturated heterocycles. The number of hydrogen-bond donors (Lipinski definition) is 1. The van der Waals surface area contributed by atoms with E-state index in [1.54, 1.807) is 0 Å². The fraction of sp³-hybridized carbons (Fsp3) is 0.846. The Labute approximate surface area is 109 Å². The van der Waals surface area contributed by atoms with Crippen molar-refractivity contribution < 1.29 is 19.1 Å². The van der Waals surface area contributed by atoms with Crippen molar-refractivity contribution in [2.45, 2.75) is 40.2 Å². The Hall–Kier alpha value is -0.940. The molecule has 0 bridgehead atoms. The molecule has 0 saturated carbocycles. The van der Waals surface area contributed by atoms with Gasteiger partial charge in [-0.15, -0.1) is 0 Å². The molecule has 0 aliphatic heterocycles. The quantitative estimate of drug-likeness (QED) is 0.598. The van der Waals surface area contributed by atoms with E-state index in [2.05, 4.69) is 5.32 Å². The van der Waals surface area contributed by atoms with E-state index in [1.165, 1.54) is 0 Å². The van der Waals surface area contributed by atoms with Crippen LogP contribution in [-0.2, 0) is 19.1 Å². The number of Topliss-reactive ketones (excluding diaryl/α,β-unsaturated/α-hetero) is 1. The second-order valence-electron chi connectivity index (χ2n) is 4.96. The van der Waals surface area contributed by atoms with E-state index in [0.29, 0.717) is 25.6 Å². The molecule has 5 heteroatoms. The maximum Gasteiger partial charge on any atom is 0.246 e. The largest absolute Gasteiger partial charge is 0.371 e. The lowest BCUT2D eigenvalue weighted by Gasteiger charge is -2.09. The molecule has 0 fully saturated rings. The summed E-state index contributed by atoms with van der Waals surface area (Å²) in [7, 11) is 0.